The number of pyridine rings is 2. The Kier molecular flexibility index (Phi) is 6.51. The minimum atomic E-state index is -5.92. The molecular weight excluding hydrogens is 503 g/mol. The largest absolute Gasteiger partial charge is 0.534 e. The van der Waals surface area contributed by atoms with Crippen molar-refractivity contribution in [3.05, 3.63) is 30.6 Å². The van der Waals surface area contributed by atoms with Gasteiger partial charge in [-0.15, -0.1) is 0 Å². The zero-order chi connectivity index (χ0) is 25.5. The van der Waals surface area contributed by atoms with Gasteiger partial charge in [0.25, 0.3) is 0 Å². The summed E-state index contributed by atoms with van der Waals surface area (Å²) < 4.78 is 81.1. The van der Waals surface area contributed by atoms with E-state index < -0.39 is 21.4 Å². The number of anilines is 1. The van der Waals surface area contributed by atoms with Crippen LogP contribution in [0.5, 0.6) is 5.75 Å². The van der Waals surface area contributed by atoms with Gasteiger partial charge in [0.05, 0.1) is 24.9 Å². The number of aromatic nitrogens is 4. The Labute approximate surface area is 205 Å². The summed E-state index contributed by atoms with van der Waals surface area (Å²) in [7, 11) is -5.92. The maximum absolute atomic E-state index is 13.2. The summed E-state index contributed by atoms with van der Waals surface area (Å²) in [6.07, 6.45) is 5.25. The van der Waals surface area contributed by atoms with Crippen LogP contribution in [0.3, 0.4) is 0 Å². The third-order valence-corrected chi connectivity index (χ3v) is 7.13. The molecule has 0 amide bonds. The fraction of sp³-hybridized carbons (Fsp3) is 0.500. The van der Waals surface area contributed by atoms with E-state index in [-0.39, 0.29) is 29.0 Å². The van der Waals surface area contributed by atoms with E-state index in [9.17, 15) is 21.6 Å². The molecule has 3 aromatic rings. The van der Waals surface area contributed by atoms with Crippen LogP contribution >= 0.6 is 0 Å². The predicted octanol–water partition coefficient (Wildman–Crippen LogP) is 3.65. The number of morpholine rings is 1. The number of alkyl halides is 3. The van der Waals surface area contributed by atoms with Gasteiger partial charge in [0.1, 0.15) is 17.0 Å². The van der Waals surface area contributed by atoms with Crippen LogP contribution < -0.4 is 9.08 Å². The Bertz CT molecular complexity index is 1360. The molecular formula is C22H24F3N5O5S. The minimum absolute atomic E-state index is 0.0646. The number of hydrogen-bond acceptors (Lipinski definition) is 9. The maximum Gasteiger partial charge on any atom is 0.534 e. The van der Waals surface area contributed by atoms with E-state index in [0.29, 0.717) is 37.8 Å². The van der Waals surface area contributed by atoms with Crippen LogP contribution in [0, 0.1) is 0 Å². The molecule has 0 spiro atoms. The number of rotatable bonds is 5. The molecule has 5 rings (SSSR count). The number of nitrogens with zero attached hydrogens (tertiary/aromatic N) is 5. The molecule has 0 radical (unpaired) electrons. The van der Waals surface area contributed by atoms with E-state index >= 15 is 0 Å². The molecule has 5 heterocycles. The second-order valence-electron chi connectivity index (χ2n) is 8.62. The summed E-state index contributed by atoms with van der Waals surface area (Å²) >= 11 is 0. The quantitative estimate of drug-likeness (QED) is 0.363. The lowest BCUT2D eigenvalue weighted by molar-refractivity contribution is -0.0499. The van der Waals surface area contributed by atoms with E-state index in [2.05, 4.69) is 14.3 Å². The first kappa shape index (κ1) is 24.7. The maximum atomic E-state index is 13.2. The van der Waals surface area contributed by atoms with Crippen LogP contribution in [-0.2, 0) is 19.6 Å². The highest BCUT2D eigenvalue weighted by molar-refractivity contribution is 7.88. The van der Waals surface area contributed by atoms with Gasteiger partial charge in [-0.05, 0) is 38.3 Å². The predicted molar refractivity (Wildman–Crippen MR) is 123 cm³/mol. The number of halogens is 3. The molecule has 0 aliphatic carbocycles. The molecule has 0 aromatic carbocycles. The van der Waals surface area contributed by atoms with Crippen molar-refractivity contribution in [2.45, 2.75) is 44.0 Å². The van der Waals surface area contributed by atoms with Crippen molar-refractivity contribution in [3.8, 4) is 17.1 Å². The molecule has 0 bridgehead atoms. The highest BCUT2D eigenvalue weighted by atomic mass is 32.2. The topological polar surface area (TPSA) is 109 Å². The highest BCUT2D eigenvalue weighted by Crippen LogP contribution is 2.38. The standard InChI is InChI=1S/C22H24F3N5O5S/c1-14-13-33-11-9-29(14)18-12-17(35-36(31,32)22(23,24)25)15-5-7-26-21(20(15)28-18)16-6-8-27-30(16)19-4-2-3-10-34-19/h5-8,12,14,19H,2-4,9-11,13H2,1H3. The van der Waals surface area contributed by atoms with Crippen LogP contribution in [0.4, 0.5) is 19.0 Å². The summed E-state index contributed by atoms with van der Waals surface area (Å²) in [6.45, 7) is 3.62. The summed E-state index contributed by atoms with van der Waals surface area (Å²) in [5.74, 6) is -0.241. The lowest BCUT2D eigenvalue weighted by Gasteiger charge is -2.34. The third kappa shape index (κ3) is 4.60. The molecule has 0 N–H and O–H groups in total. The molecule has 14 heteroatoms. The zero-order valence-electron chi connectivity index (χ0n) is 19.3. The van der Waals surface area contributed by atoms with Crippen molar-refractivity contribution in [1.82, 2.24) is 19.7 Å². The summed E-state index contributed by atoms with van der Waals surface area (Å²) in [6, 6.07) is 4.13. The molecule has 194 valence electrons. The second kappa shape index (κ2) is 9.48. The van der Waals surface area contributed by atoms with Crippen molar-refractivity contribution in [1.29, 1.82) is 0 Å². The van der Waals surface area contributed by atoms with Gasteiger partial charge in [0.2, 0.25) is 0 Å². The minimum Gasteiger partial charge on any atom is -0.377 e. The van der Waals surface area contributed by atoms with Crippen LogP contribution in [0.15, 0.2) is 30.6 Å². The number of ether oxygens (including phenoxy) is 2. The number of hydrogen-bond donors (Lipinski definition) is 0. The summed E-state index contributed by atoms with van der Waals surface area (Å²) in [5.41, 5.74) is -4.56. The third-order valence-electron chi connectivity index (χ3n) is 6.16. The second-order valence-corrected chi connectivity index (χ2v) is 10.2. The van der Waals surface area contributed by atoms with E-state index in [1.165, 1.54) is 18.3 Å². The smallest absolute Gasteiger partial charge is 0.377 e. The Balaban J connectivity index is 1.69. The van der Waals surface area contributed by atoms with E-state index in [1.54, 1.807) is 16.9 Å². The summed E-state index contributed by atoms with van der Waals surface area (Å²) in [4.78, 5) is 11.0. The molecule has 0 saturated carbocycles. The fourth-order valence-electron chi connectivity index (χ4n) is 4.39. The monoisotopic (exact) mass is 527 g/mol. The molecule has 2 saturated heterocycles. The molecule has 10 nitrogen and oxygen atoms in total. The Hall–Kier alpha value is -2.97. The molecule has 2 fully saturated rings. The molecule has 2 aliphatic heterocycles. The van der Waals surface area contributed by atoms with Gasteiger partial charge in [0.15, 0.2) is 12.0 Å². The van der Waals surface area contributed by atoms with Gasteiger partial charge in [0, 0.05) is 37.0 Å². The first-order valence-corrected chi connectivity index (χ1v) is 12.9. The normalized spacial score (nSPS) is 21.6. The van der Waals surface area contributed by atoms with Crippen LogP contribution in [-0.4, -0.2) is 66.1 Å². The lowest BCUT2D eigenvalue weighted by atomic mass is 10.1. The van der Waals surface area contributed by atoms with Crippen LogP contribution in [0.25, 0.3) is 22.3 Å². The van der Waals surface area contributed by atoms with Crippen molar-refractivity contribution in [2.75, 3.05) is 31.3 Å². The Morgan fingerprint density at radius 3 is 2.72 bits per heavy atom. The molecule has 2 aliphatic rings. The van der Waals surface area contributed by atoms with Gasteiger partial charge in [-0.3, -0.25) is 4.98 Å². The van der Waals surface area contributed by atoms with Crippen LogP contribution in [0.1, 0.15) is 32.4 Å². The van der Waals surface area contributed by atoms with Crippen molar-refractivity contribution >= 4 is 26.8 Å². The molecule has 3 aromatic heterocycles. The first-order valence-electron chi connectivity index (χ1n) is 11.5. The fourth-order valence-corrected chi connectivity index (χ4v) is 4.86. The van der Waals surface area contributed by atoms with Crippen molar-refractivity contribution < 1.29 is 35.2 Å². The molecule has 36 heavy (non-hydrogen) atoms. The SMILES string of the molecule is CC1COCCN1c1cc(OS(=O)(=O)C(F)(F)F)c2ccnc(-c3ccnn3C3CCCCO3)c2n1. The average Bonchev–Trinajstić information content (AvgIpc) is 3.33. The van der Waals surface area contributed by atoms with Gasteiger partial charge >= 0.3 is 15.6 Å². The Morgan fingerprint density at radius 2 is 2.00 bits per heavy atom. The van der Waals surface area contributed by atoms with Crippen molar-refractivity contribution in [2.24, 2.45) is 0 Å². The highest BCUT2D eigenvalue weighted by Gasteiger charge is 2.49. The van der Waals surface area contributed by atoms with Gasteiger partial charge in [-0.1, -0.05) is 0 Å². The molecule has 2 atom stereocenters. The van der Waals surface area contributed by atoms with Crippen molar-refractivity contribution in [3.63, 3.8) is 0 Å². The molecule has 2 unspecified atom stereocenters. The Morgan fingerprint density at radius 1 is 1.17 bits per heavy atom. The average molecular weight is 528 g/mol. The van der Waals surface area contributed by atoms with E-state index in [4.69, 9.17) is 14.5 Å². The van der Waals surface area contributed by atoms with Crippen LogP contribution in [0.2, 0.25) is 0 Å². The van der Waals surface area contributed by atoms with E-state index in [0.717, 1.165) is 19.3 Å². The first-order chi connectivity index (χ1) is 17.2. The van der Waals surface area contributed by atoms with E-state index in [1.807, 2.05) is 11.8 Å². The zero-order valence-corrected chi connectivity index (χ0v) is 20.1. The summed E-state index contributed by atoms with van der Waals surface area (Å²) in [5, 5.41) is 4.45. The van der Waals surface area contributed by atoms with Gasteiger partial charge in [-0.25, -0.2) is 9.67 Å². The van der Waals surface area contributed by atoms with Gasteiger partial charge in [-0.2, -0.15) is 26.7 Å². The number of fused-ring (bicyclic) bond motifs is 1. The van der Waals surface area contributed by atoms with Gasteiger partial charge < -0.3 is 18.6 Å². The lowest BCUT2D eigenvalue weighted by Crippen LogP contribution is -2.44.